The van der Waals surface area contributed by atoms with E-state index in [-0.39, 0.29) is 5.56 Å². The highest BCUT2D eigenvalue weighted by atomic mass is 16.1. The van der Waals surface area contributed by atoms with Gasteiger partial charge in [-0.1, -0.05) is 13.3 Å². The monoisotopic (exact) mass is 181 g/mol. The third-order valence-corrected chi connectivity index (χ3v) is 1.88. The number of anilines is 1. The van der Waals surface area contributed by atoms with Gasteiger partial charge in [0, 0.05) is 25.9 Å². The number of nitrogens with zero attached hydrogens (tertiary/aromatic N) is 2. The third-order valence-electron chi connectivity index (χ3n) is 1.88. The number of unbranched alkanes of at least 4 members (excludes halogenated alkanes) is 1. The lowest BCUT2D eigenvalue weighted by molar-refractivity contribution is 0.785. The van der Waals surface area contributed by atoms with E-state index in [1.165, 1.54) is 16.8 Å². The number of aromatic nitrogens is 2. The highest BCUT2D eigenvalue weighted by Crippen LogP contribution is 1.96. The fourth-order valence-electron chi connectivity index (χ4n) is 1.02. The summed E-state index contributed by atoms with van der Waals surface area (Å²) >= 11 is 0. The van der Waals surface area contributed by atoms with Crippen LogP contribution in [-0.2, 0) is 7.05 Å². The lowest BCUT2D eigenvalue weighted by Crippen LogP contribution is -2.21. The molecule has 72 valence electrons. The van der Waals surface area contributed by atoms with Crippen LogP contribution in [0.5, 0.6) is 0 Å². The van der Waals surface area contributed by atoms with Crippen molar-refractivity contribution in [3.63, 3.8) is 0 Å². The van der Waals surface area contributed by atoms with Crippen molar-refractivity contribution in [2.75, 3.05) is 11.9 Å². The minimum atomic E-state index is -0.0333. The average Bonchev–Trinajstić information content (AvgIpc) is 2.13. The second-order valence-corrected chi connectivity index (χ2v) is 2.95. The largest absolute Gasteiger partial charge is 0.356 e. The van der Waals surface area contributed by atoms with Crippen LogP contribution in [0.25, 0.3) is 0 Å². The van der Waals surface area contributed by atoms with E-state index >= 15 is 0 Å². The molecule has 0 aliphatic carbocycles. The van der Waals surface area contributed by atoms with Gasteiger partial charge in [-0.2, -0.15) is 0 Å². The van der Waals surface area contributed by atoms with Crippen LogP contribution in [0.1, 0.15) is 19.8 Å². The van der Waals surface area contributed by atoms with Gasteiger partial charge in [0.2, 0.25) is 5.95 Å². The average molecular weight is 181 g/mol. The summed E-state index contributed by atoms with van der Waals surface area (Å²) in [4.78, 5) is 15.2. The molecule has 0 aliphatic rings. The predicted molar refractivity (Wildman–Crippen MR) is 52.9 cm³/mol. The third kappa shape index (κ3) is 2.57. The van der Waals surface area contributed by atoms with Gasteiger partial charge in [-0.05, 0) is 6.42 Å². The lowest BCUT2D eigenvalue weighted by Gasteiger charge is -2.07. The Morgan fingerprint density at radius 3 is 3.08 bits per heavy atom. The van der Waals surface area contributed by atoms with Crippen molar-refractivity contribution in [3.8, 4) is 0 Å². The summed E-state index contributed by atoms with van der Waals surface area (Å²) in [7, 11) is 1.71. The van der Waals surface area contributed by atoms with Gasteiger partial charge in [-0.25, -0.2) is 4.98 Å². The summed E-state index contributed by atoms with van der Waals surface area (Å²) in [5, 5.41) is 3.11. The summed E-state index contributed by atoms with van der Waals surface area (Å²) in [6.45, 7) is 2.99. The molecule has 1 aromatic heterocycles. The van der Waals surface area contributed by atoms with Crippen molar-refractivity contribution >= 4 is 5.95 Å². The first-order chi connectivity index (χ1) is 6.25. The fourth-order valence-corrected chi connectivity index (χ4v) is 1.02. The molecule has 4 nitrogen and oxygen atoms in total. The van der Waals surface area contributed by atoms with Crippen LogP contribution in [-0.4, -0.2) is 16.1 Å². The topological polar surface area (TPSA) is 46.9 Å². The molecule has 0 spiro atoms. The fraction of sp³-hybridized carbons (Fsp3) is 0.556. The van der Waals surface area contributed by atoms with Gasteiger partial charge in [0.1, 0.15) is 0 Å². The Kier molecular flexibility index (Phi) is 3.49. The number of rotatable bonds is 4. The highest BCUT2D eigenvalue weighted by molar-refractivity contribution is 5.23. The van der Waals surface area contributed by atoms with E-state index in [2.05, 4.69) is 17.2 Å². The van der Waals surface area contributed by atoms with E-state index in [0.29, 0.717) is 5.95 Å². The SMILES string of the molecule is CCCCNc1nccc(=O)n1C. The molecule has 0 bridgehead atoms. The zero-order chi connectivity index (χ0) is 9.68. The Morgan fingerprint density at radius 1 is 1.62 bits per heavy atom. The molecule has 1 rings (SSSR count). The highest BCUT2D eigenvalue weighted by Gasteiger charge is 1.97. The van der Waals surface area contributed by atoms with Crippen LogP contribution in [0.15, 0.2) is 17.1 Å². The first-order valence-corrected chi connectivity index (χ1v) is 4.51. The van der Waals surface area contributed by atoms with Gasteiger partial charge >= 0.3 is 0 Å². The van der Waals surface area contributed by atoms with Crippen molar-refractivity contribution in [3.05, 3.63) is 22.6 Å². The van der Waals surface area contributed by atoms with E-state index in [4.69, 9.17) is 0 Å². The molecule has 4 heteroatoms. The number of hydrogen-bond acceptors (Lipinski definition) is 3. The van der Waals surface area contributed by atoms with E-state index in [1.807, 2.05) is 0 Å². The molecule has 1 aromatic rings. The van der Waals surface area contributed by atoms with Crippen LogP contribution in [0.4, 0.5) is 5.95 Å². The van der Waals surface area contributed by atoms with Crippen molar-refractivity contribution in [2.45, 2.75) is 19.8 Å². The Balaban J connectivity index is 2.66. The van der Waals surface area contributed by atoms with Crippen molar-refractivity contribution in [1.29, 1.82) is 0 Å². The second kappa shape index (κ2) is 4.64. The van der Waals surface area contributed by atoms with Crippen molar-refractivity contribution in [2.24, 2.45) is 7.05 Å². The molecular weight excluding hydrogens is 166 g/mol. The normalized spacial score (nSPS) is 10.0. The minimum absolute atomic E-state index is 0.0333. The molecule has 0 fully saturated rings. The smallest absolute Gasteiger partial charge is 0.254 e. The van der Waals surface area contributed by atoms with Gasteiger partial charge in [-0.15, -0.1) is 0 Å². The molecular formula is C9H15N3O. The molecule has 0 aliphatic heterocycles. The summed E-state index contributed by atoms with van der Waals surface area (Å²) < 4.78 is 1.51. The van der Waals surface area contributed by atoms with Crippen LogP contribution < -0.4 is 10.9 Å². The zero-order valence-corrected chi connectivity index (χ0v) is 8.08. The van der Waals surface area contributed by atoms with Crippen LogP contribution in [0.3, 0.4) is 0 Å². The number of nitrogens with one attached hydrogen (secondary N) is 1. The Labute approximate surface area is 77.6 Å². The summed E-state index contributed by atoms with van der Waals surface area (Å²) in [6, 6.07) is 1.45. The maximum absolute atomic E-state index is 11.2. The molecule has 1 N–H and O–H groups in total. The van der Waals surface area contributed by atoms with Gasteiger partial charge in [0.05, 0.1) is 0 Å². The Hall–Kier alpha value is -1.32. The number of hydrogen-bond donors (Lipinski definition) is 1. The first kappa shape index (κ1) is 9.77. The van der Waals surface area contributed by atoms with E-state index in [0.717, 1.165) is 19.4 Å². The molecule has 0 radical (unpaired) electrons. The van der Waals surface area contributed by atoms with Crippen LogP contribution in [0, 0.1) is 0 Å². The minimum Gasteiger partial charge on any atom is -0.356 e. The Morgan fingerprint density at radius 2 is 2.38 bits per heavy atom. The van der Waals surface area contributed by atoms with Gasteiger partial charge in [-0.3, -0.25) is 9.36 Å². The maximum Gasteiger partial charge on any atom is 0.254 e. The van der Waals surface area contributed by atoms with Gasteiger partial charge in [0.25, 0.3) is 5.56 Å². The molecule has 0 amide bonds. The second-order valence-electron chi connectivity index (χ2n) is 2.95. The zero-order valence-electron chi connectivity index (χ0n) is 8.08. The Bertz CT molecular complexity index is 319. The van der Waals surface area contributed by atoms with E-state index < -0.39 is 0 Å². The molecule has 0 atom stereocenters. The van der Waals surface area contributed by atoms with Gasteiger partial charge < -0.3 is 5.32 Å². The molecule has 0 saturated heterocycles. The molecule has 0 unspecified atom stereocenters. The first-order valence-electron chi connectivity index (χ1n) is 4.51. The van der Waals surface area contributed by atoms with Crippen LogP contribution >= 0.6 is 0 Å². The molecule has 13 heavy (non-hydrogen) atoms. The van der Waals surface area contributed by atoms with E-state index in [9.17, 15) is 4.79 Å². The predicted octanol–water partition coefficient (Wildman–Crippen LogP) is 0.992. The van der Waals surface area contributed by atoms with E-state index in [1.54, 1.807) is 7.05 Å². The standard InChI is InChI=1S/C9H15N3O/c1-3-4-6-10-9-11-7-5-8(13)12(9)2/h5,7H,3-4,6H2,1-2H3,(H,10,11). The van der Waals surface area contributed by atoms with Crippen molar-refractivity contribution < 1.29 is 0 Å². The van der Waals surface area contributed by atoms with Gasteiger partial charge in [0.15, 0.2) is 0 Å². The maximum atomic E-state index is 11.2. The molecule has 1 heterocycles. The molecule has 0 saturated carbocycles. The summed E-state index contributed by atoms with van der Waals surface area (Å²) in [5.74, 6) is 0.640. The molecule has 0 aromatic carbocycles. The van der Waals surface area contributed by atoms with Crippen molar-refractivity contribution in [1.82, 2.24) is 9.55 Å². The summed E-state index contributed by atoms with van der Waals surface area (Å²) in [5.41, 5.74) is -0.0333. The lowest BCUT2D eigenvalue weighted by atomic mass is 10.3. The summed E-state index contributed by atoms with van der Waals surface area (Å²) in [6.07, 6.45) is 3.75. The quantitative estimate of drug-likeness (QED) is 0.705. The van der Waals surface area contributed by atoms with Crippen LogP contribution in [0.2, 0.25) is 0 Å².